The zero-order valence-corrected chi connectivity index (χ0v) is 25.2. The van der Waals surface area contributed by atoms with Crippen LogP contribution in [0.4, 0.5) is 5.82 Å². The summed E-state index contributed by atoms with van der Waals surface area (Å²) >= 11 is 13.2. The molecule has 0 unspecified atom stereocenters. The molecule has 3 aromatic heterocycles. The van der Waals surface area contributed by atoms with E-state index in [1.165, 1.54) is 6.08 Å². The van der Waals surface area contributed by atoms with Crippen molar-refractivity contribution in [3.63, 3.8) is 0 Å². The number of fused-ring (bicyclic) bond motifs is 1. The highest BCUT2D eigenvalue weighted by Crippen LogP contribution is 2.36. The fourth-order valence-electron chi connectivity index (χ4n) is 5.50. The lowest BCUT2D eigenvalue weighted by atomic mass is 10.0. The van der Waals surface area contributed by atoms with Gasteiger partial charge in [0.25, 0.3) is 0 Å². The van der Waals surface area contributed by atoms with Gasteiger partial charge in [-0.15, -0.1) is 0 Å². The van der Waals surface area contributed by atoms with Gasteiger partial charge in [-0.1, -0.05) is 63.2 Å². The molecule has 4 heterocycles. The predicted octanol–water partition coefficient (Wildman–Crippen LogP) is 6.83. The van der Waals surface area contributed by atoms with Crippen LogP contribution in [0.3, 0.4) is 0 Å². The molecule has 1 aliphatic heterocycles. The van der Waals surface area contributed by atoms with Crippen LogP contribution in [0.15, 0.2) is 60.0 Å². The largest absolute Gasteiger partial charge is 0.355 e. The lowest BCUT2D eigenvalue weighted by Crippen LogP contribution is -2.58. The van der Waals surface area contributed by atoms with Crippen LogP contribution in [-0.2, 0) is 4.79 Å². The number of nitrogens with zero attached hydrogens (tertiary/aromatic N) is 6. The molecule has 0 radical (unpaired) electrons. The Morgan fingerprint density at radius 3 is 2.50 bits per heavy atom. The van der Waals surface area contributed by atoms with Crippen molar-refractivity contribution < 1.29 is 4.79 Å². The Kier molecular flexibility index (Phi) is 9.09. The summed E-state index contributed by atoms with van der Waals surface area (Å²) in [5.74, 6) is 0.398. The van der Waals surface area contributed by atoms with E-state index < -0.39 is 5.69 Å². The van der Waals surface area contributed by atoms with Crippen LogP contribution >= 0.6 is 23.2 Å². The van der Waals surface area contributed by atoms with Gasteiger partial charge in [-0.25, -0.2) is 14.3 Å². The van der Waals surface area contributed by atoms with Gasteiger partial charge in [0.2, 0.25) is 5.91 Å². The summed E-state index contributed by atoms with van der Waals surface area (Å²) in [6, 6.07) is 10.7. The molecule has 0 aliphatic carbocycles. The smallest absolute Gasteiger partial charge is 0.349 e. The molecule has 1 fully saturated rings. The summed E-state index contributed by atoms with van der Waals surface area (Å²) in [6.07, 6.45) is 3.08. The molecule has 42 heavy (non-hydrogen) atoms. The van der Waals surface area contributed by atoms with E-state index in [1.54, 1.807) is 27.8 Å². The van der Waals surface area contributed by atoms with Gasteiger partial charge < -0.3 is 9.80 Å². The third-order valence-corrected chi connectivity index (χ3v) is 8.06. The number of piperazine rings is 1. The lowest BCUT2D eigenvalue weighted by molar-refractivity contribution is -0.128. The topological polar surface area (TPSA) is 84.2 Å². The highest BCUT2D eigenvalue weighted by atomic mass is 35.5. The molecule has 10 heteroatoms. The van der Waals surface area contributed by atoms with Crippen LogP contribution in [-0.4, -0.2) is 55.5 Å². The second-order valence-electron chi connectivity index (χ2n) is 10.8. The molecule has 1 amide bonds. The van der Waals surface area contributed by atoms with Crippen LogP contribution in [0.1, 0.15) is 52.3 Å². The van der Waals surface area contributed by atoms with Crippen molar-refractivity contribution in [2.45, 2.75) is 60.0 Å². The fraction of sp³-hybridized carbons (Fsp3) is 0.344. The second kappa shape index (κ2) is 12.2. The maximum absolute atomic E-state index is 14.0. The van der Waals surface area contributed by atoms with E-state index in [0.717, 1.165) is 16.8 Å². The van der Waals surface area contributed by atoms with Crippen molar-refractivity contribution in [1.82, 2.24) is 24.4 Å². The summed E-state index contributed by atoms with van der Waals surface area (Å²) in [5.41, 5.74) is 3.48. The molecule has 2 atom stereocenters. The van der Waals surface area contributed by atoms with Crippen molar-refractivity contribution in [2.75, 3.05) is 18.0 Å². The van der Waals surface area contributed by atoms with Crippen LogP contribution in [0, 0.1) is 6.92 Å². The van der Waals surface area contributed by atoms with E-state index in [-0.39, 0.29) is 31.3 Å². The van der Waals surface area contributed by atoms with E-state index in [2.05, 4.69) is 21.4 Å². The molecule has 4 aromatic rings. The number of pyridine rings is 2. The number of anilines is 1. The van der Waals surface area contributed by atoms with E-state index in [0.29, 0.717) is 51.4 Å². The average molecular weight is 608 g/mol. The number of hydrogen-bond donors (Lipinski definition) is 0. The first-order valence-corrected chi connectivity index (χ1v) is 14.3. The number of rotatable bonds is 5. The zero-order chi connectivity index (χ0) is 29.6. The lowest BCUT2D eigenvalue weighted by Gasteiger charge is -2.44. The summed E-state index contributed by atoms with van der Waals surface area (Å²) in [5, 5.41) is 1.58. The van der Waals surface area contributed by atoms with Gasteiger partial charge in [-0.05, 0) is 62.6 Å². The first-order chi connectivity index (χ1) is 19.5. The number of benzene rings is 1. The molecule has 0 bridgehead atoms. The Hall–Kier alpha value is -3.75. The van der Waals surface area contributed by atoms with Crippen LogP contribution in [0.5, 0.6) is 0 Å². The number of halogens is 2. The maximum Gasteiger partial charge on any atom is 0.355 e. The van der Waals surface area contributed by atoms with E-state index in [4.69, 9.17) is 28.2 Å². The SMILES string of the molecule is C.C=CC(=O)N1C[C@H](C)N(c2nc(=O)n(-c3c(C)ccnc3C(C)C)c3nc(-c4cccc(Cl)c4)c(Cl)cc23)C[C@H]1C. The third-order valence-electron chi connectivity index (χ3n) is 7.54. The summed E-state index contributed by atoms with van der Waals surface area (Å²) in [4.78, 5) is 44.6. The molecule has 0 N–H and O–H groups in total. The van der Waals surface area contributed by atoms with Crippen molar-refractivity contribution in [3.8, 4) is 16.9 Å². The monoisotopic (exact) mass is 606 g/mol. The fourth-order valence-corrected chi connectivity index (χ4v) is 5.95. The number of aryl methyl sites for hydroxylation is 1. The maximum atomic E-state index is 14.0. The Labute approximate surface area is 256 Å². The van der Waals surface area contributed by atoms with Crippen LogP contribution in [0.25, 0.3) is 28.0 Å². The number of carbonyl (C=O) groups is 1. The van der Waals surface area contributed by atoms with Gasteiger partial charge in [-0.3, -0.25) is 9.78 Å². The van der Waals surface area contributed by atoms with Crippen molar-refractivity contribution in [3.05, 3.63) is 87.0 Å². The minimum absolute atomic E-state index is 0. The molecule has 1 aromatic carbocycles. The molecule has 0 saturated carbocycles. The highest BCUT2D eigenvalue weighted by molar-refractivity contribution is 6.34. The van der Waals surface area contributed by atoms with Gasteiger partial charge in [-0.2, -0.15) is 4.98 Å². The Bertz CT molecular complexity index is 1730. The quantitative estimate of drug-likeness (QED) is 0.231. The highest BCUT2D eigenvalue weighted by Gasteiger charge is 2.34. The summed E-state index contributed by atoms with van der Waals surface area (Å²) < 4.78 is 1.55. The molecule has 1 saturated heterocycles. The molecule has 5 rings (SSSR count). The first kappa shape index (κ1) is 31.2. The van der Waals surface area contributed by atoms with Gasteiger partial charge in [0.15, 0.2) is 5.65 Å². The minimum Gasteiger partial charge on any atom is -0.349 e. The Morgan fingerprint density at radius 1 is 1.10 bits per heavy atom. The molecular formula is C32H36Cl2N6O2. The van der Waals surface area contributed by atoms with E-state index in [1.807, 2.05) is 58.9 Å². The number of carbonyl (C=O) groups excluding carboxylic acids is 1. The van der Waals surface area contributed by atoms with Crippen molar-refractivity contribution >= 4 is 46.0 Å². The Balaban J connectivity index is 0.00000405. The first-order valence-electron chi connectivity index (χ1n) is 13.6. The van der Waals surface area contributed by atoms with Gasteiger partial charge in [0, 0.05) is 42.0 Å². The van der Waals surface area contributed by atoms with Gasteiger partial charge >= 0.3 is 5.69 Å². The predicted molar refractivity (Wildman–Crippen MR) is 172 cm³/mol. The Morgan fingerprint density at radius 2 is 1.83 bits per heavy atom. The summed E-state index contributed by atoms with van der Waals surface area (Å²) in [7, 11) is 0. The molecule has 1 aliphatic rings. The number of hydrogen-bond acceptors (Lipinski definition) is 6. The normalized spacial score (nSPS) is 17.0. The molecule has 0 spiro atoms. The van der Waals surface area contributed by atoms with Crippen molar-refractivity contribution in [2.24, 2.45) is 0 Å². The molecule has 220 valence electrons. The second-order valence-corrected chi connectivity index (χ2v) is 11.7. The van der Waals surface area contributed by atoms with Crippen molar-refractivity contribution in [1.29, 1.82) is 0 Å². The summed E-state index contributed by atoms with van der Waals surface area (Å²) in [6.45, 7) is 14.6. The standard InChI is InChI=1S/C31H32Cl2N6O2.CH4/c1-7-25(40)37-15-20(6)38(16-19(37)5)29-23-14-24(33)27(21-9-8-10-22(32)13-21)35-30(23)39(31(41)36-29)28-18(4)11-12-34-26(28)17(2)3;/h7-14,17,19-20H,1,15-16H2,2-6H3;1H4/t19-,20+;/m1./s1. The van der Waals surface area contributed by atoms with E-state index >= 15 is 0 Å². The van der Waals surface area contributed by atoms with Crippen LogP contribution < -0.4 is 10.6 Å². The molecular weight excluding hydrogens is 571 g/mol. The van der Waals surface area contributed by atoms with Gasteiger partial charge in [0.05, 0.1) is 27.5 Å². The average Bonchev–Trinajstić information content (AvgIpc) is 2.93. The van der Waals surface area contributed by atoms with Gasteiger partial charge in [0.1, 0.15) is 5.82 Å². The minimum atomic E-state index is -0.471. The van der Waals surface area contributed by atoms with Crippen LogP contribution in [0.2, 0.25) is 10.0 Å². The number of amides is 1. The number of aromatic nitrogens is 4. The molecule has 8 nitrogen and oxygen atoms in total. The zero-order valence-electron chi connectivity index (χ0n) is 23.7. The van der Waals surface area contributed by atoms with E-state index in [9.17, 15) is 9.59 Å². The third kappa shape index (κ3) is 5.53.